The van der Waals surface area contributed by atoms with Gasteiger partial charge >= 0.3 is 0 Å². The third-order valence-electron chi connectivity index (χ3n) is 4.95. The zero-order valence-corrected chi connectivity index (χ0v) is 15.9. The SMILES string of the molecule is NCCCOc1ccc(Nc2nc(NC3CCCCC3)c3nc[nH]c3n2)cc1. The Morgan fingerprint density at radius 2 is 1.93 bits per heavy atom. The van der Waals surface area contributed by atoms with E-state index in [4.69, 9.17) is 10.5 Å². The number of ether oxygens (including phenoxy) is 1. The highest BCUT2D eigenvalue weighted by atomic mass is 16.5. The number of benzene rings is 1. The minimum atomic E-state index is 0.446. The highest BCUT2D eigenvalue weighted by Gasteiger charge is 2.17. The number of H-pyrrole nitrogens is 1. The fourth-order valence-electron chi connectivity index (χ4n) is 3.47. The van der Waals surface area contributed by atoms with E-state index in [9.17, 15) is 0 Å². The molecule has 1 aromatic carbocycles. The highest BCUT2D eigenvalue weighted by molar-refractivity contribution is 5.84. The Hall–Kier alpha value is -2.87. The Morgan fingerprint density at radius 3 is 2.71 bits per heavy atom. The Balaban J connectivity index is 1.48. The second kappa shape index (κ2) is 8.88. The van der Waals surface area contributed by atoms with Crippen LogP contribution in [0.25, 0.3) is 11.2 Å². The predicted octanol–water partition coefficient (Wildman–Crippen LogP) is 3.57. The first-order valence-electron chi connectivity index (χ1n) is 9.99. The van der Waals surface area contributed by atoms with E-state index in [1.807, 2.05) is 24.3 Å². The van der Waals surface area contributed by atoms with E-state index in [0.29, 0.717) is 25.1 Å². The average Bonchev–Trinajstić information content (AvgIpc) is 3.19. The summed E-state index contributed by atoms with van der Waals surface area (Å²) in [7, 11) is 0. The third-order valence-corrected chi connectivity index (χ3v) is 4.95. The normalized spacial score (nSPS) is 14.9. The summed E-state index contributed by atoms with van der Waals surface area (Å²) in [6.45, 7) is 1.25. The van der Waals surface area contributed by atoms with Crippen LogP contribution in [0.1, 0.15) is 38.5 Å². The number of aromatic amines is 1. The van der Waals surface area contributed by atoms with Crippen molar-refractivity contribution in [2.45, 2.75) is 44.6 Å². The summed E-state index contributed by atoms with van der Waals surface area (Å²) in [5, 5.41) is 6.84. The van der Waals surface area contributed by atoms with Crippen LogP contribution in [0.3, 0.4) is 0 Å². The van der Waals surface area contributed by atoms with Crippen molar-refractivity contribution >= 4 is 28.6 Å². The van der Waals surface area contributed by atoms with Gasteiger partial charge < -0.3 is 26.1 Å². The van der Waals surface area contributed by atoms with Crippen molar-refractivity contribution in [3.8, 4) is 5.75 Å². The molecule has 1 aliphatic rings. The molecule has 0 amide bonds. The predicted molar refractivity (Wildman–Crippen MR) is 111 cm³/mol. The number of hydrogen-bond acceptors (Lipinski definition) is 7. The molecule has 0 spiro atoms. The van der Waals surface area contributed by atoms with Gasteiger partial charge in [-0.15, -0.1) is 0 Å². The van der Waals surface area contributed by atoms with Gasteiger partial charge in [0.2, 0.25) is 5.95 Å². The van der Waals surface area contributed by atoms with Crippen molar-refractivity contribution in [1.29, 1.82) is 0 Å². The molecule has 2 aromatic heterocycles. The van der Waals surface area contributed by atoms with Gasteiger partial charge in [0.1, 0.15) is 11.3 Å². The largest absolute Gasteiger partial charge is 0.494 e. The van der Waals surface area contributed by atoms with Crippen LogP contribution in [0.4, 0.5) is 17.5 Å². The maximum Gasteiger partial charge on any atom is 0.231 e. The number of hydrogen-bond donors (Lipinski definition) is 4. The monoisotopic (exact) mass is 381 g/mol. The van der Waals surface area contributed by atoms with E-state index in [2.05, 4.69) is 30.6 Å². The minimum absolute atomic E-state index is 0.446. The molecule has 2 heterocycles. The summed E-state index contributed by atoms with van der Waals surface area (Å²) in [5.41, 5.74) is 7.88. The second-order valence-corrected chi connectivity index (χ2v) is 7.11. The van der Waals surface area contributed by atoms with E-state index < -0.39 is 0 Å². The van der Waals surface area contributed by atoms with Gasteiger partial charge in [-0.25, -0.2) is 4.98 Å². The van der Waals surface area contributed by atoms with Crippen molar-refractivity contribution in [3.63, 3.8) is 0 Å². The molecule has 0 aliphatic heterocycles. The third kappa shape index (κ3) is 4.51. The zero-order chi connectivity index (χ0) is 19.2. The van der Waals surface area contributed by atoms with Crippen LogP contribution < -0.4 is 21.1 Å². The summed E-state index contributed by atoms with van der Waals surface area (Å²) in [6.07, 6.45) is 8.68. The molecule has 0 bridgehead atoms. The molecule has 0 radical (unpaired) electrons. The smallest absolute Gasteiger partial charge is 0.231 e. The van der Waals surface area contributed by atoms with Gasteiger partial charge in [0.15, 0.2) is 11.5 Å². The first-order valence-corrected chi connectivity index (χ1v) is 9.99. The van der Waals surface area contributed by atoms with Crippen molar-refractivity contribution in [1.82, 2.24) is 19.9 Å². The van der Waals surface area contributed by atoms with E-state index in [1.165, 1.54) is 32.1 Å². The number of aromatic nitrogens is 4. The van der Waals surface area contributed by atoms with Gasteiger partial charge in [0.05, 0.1) is 12.9 Å². The molecular weight excluding hydrogens is 354 g/mol. The fraction of sp³-hybridized carbons (Fsp3) is 0.450. The van der Waals surface area contributed by atoms with Gasteiger partial charge in [-0.2, -0.15) is 9.97 Å². The van der Waals surface area contributed by atoms with E-state index >= 15 is 0 Å². The molecule has 28 heavy (non-hydrogen) atoms. The average molecular weight is 381 g/mol. The molecule has 8 nitrogen and oxygen atoms in total. The van der Waals surface area contributed by atoms with Crippen molar-refractivity contribution in [2.24, 2.45) is 5.73 Å². The van der Waals surface area contributed by atoms with Crippen LogP contribution in [0.2, 0.25) is 0 Å². The molecule has 1 aliphatic carbocycles. The van der Waals surface area contributed by atoms with Crippen LogP contribution in [0.15, 0.2) is 30.6 Å². The Morgan fingerprint density at radius 1 is 1.11 bits per heavy atom. The van der Waals surface area contributed by atoms with E-state index in [1.54, 1.807) is 6.33 Å². The van der Waals surface area contributed by atoms with Gasteiger partial charge in [0.25, 0.3) is 0 Å². The number of anilines is 3. The maximum atomic E-state index is 5.64. The quantitative estimate of drug-likeness (QED) is 0.441. The molecular formula is C20H27N7O. The van der Waals surface area contributed by atoms with E-state index in [0.717, 1.165) is 34.8 Å². The minimum Gasteiger partial charge on any atom is -0.494 e. The summed E-state index contributed by atoms with van der Waals surface area (Å²) >= 11 is 0. The zero-order valence-electron chi connectivity index (χ0n) is 15.9. The lowest BCUT2D eigenvalue weighted by Crippen LogP contribution is -2.23. The number of rotatable bonds is 8. The van der Waals surface area contributed by atoms with E-state index in [-0.39, 0.29) is 0 Å². The van der Waals surface area contributed by atoms with Gasteiger partial charge in [0, 0.05) is 11.7 Å². The van der Waals surface area contributed by atoms with Crippen molar-refractivity contribution < 1.29 is 4.74 Å². The molecule has 8 heteroatoms. The summed E-state index contributed by atoms with van der Waals surface area (Å²) in [4.78, 5) is 16.7. The molecule has 0 unspecified atom stereocenters. The second-order valence-electron chi connectivity index (χ2n) is 7.11. The van der Waals surface area contributed by atoms with Gasteiger partial charge in [-0.1, -0.05) is 19.3 Å². The summed E-state index contributed by atoms with van der Waals surface area (Å²) < 4.78 is 5.64. The van der Waals surface area contributed by atoms with Gasteiger partial charge in [-0.05, 0) is 50.1 Å². The molecule has 1 saturated carbocycles. The van der Waals surface area contributed by atoms with Crippen LogP contribution in [0.5, 0.6) is 5.75 Å². The Kier molecular flexibility index (Phi) is 5.86. The number of nitrogens with zero attached hydrogens (tertiary/aromatic N) is 3. The van der Waals surface area contributed by atoms with Crippen LogP contribution in [-0.4, -0.2) is 39.1 Å². The number of nitrogens with one attached hydrogen (secondary N) is 3. The molecule has 1 fully saturated rings. The Bertz CT molecular complexity index is 887. The maximum absolute atomic E-state index is 5.64. The lowest BCUT2D eigenvalue weighted by atomic mass is 9.95. The molecule has 3 aromatic rings. The summed E-state index contributed by atoms with van der Waals surface area (Å²) in [5.74, 6) is 2.14. The van der Waals surface area contributed by atoms with Crippen molar-refractivity contribution in [2.75, 3.05) is 23.8 Å². The summed E-state index contributed by atoms with van der Waals surface area (Å²) in [6, 6.07) is 8.20. The fourth-order valence-corrected chi connectivity index (χ4v) is 3.47. The topological polar surface area (TPSA) is 114 Å². The molecule has 0 atom stereocenters. The highest BCUT2D eigenvalue weighted by Crippen LogP contribution is 2.26. The molecule has 5 N–H and O–H groups in total. The first kappa shape index (κ1) is 18.5. The Labute approximate surface area is 164 Å². The van der Waals surface area contributed by atoms with Crippen LogP contribution >= 0.6 is 0 Å². The lowest BCUT2D eigenvalue weighted by molar-refractivity contribution is 0.313. The number of fused-ring (bicyclic) bond motifs is 1. The molecule has 148 valence electrons. The lowest BCUT2D eigenvalue weighted by Gasteiger charge is -2.23. The first-order chi connectivity index (χ1) is 13.8. The molecule has 4 rings (SSSR count). The molecule has 0 saturated heterocycles. The number of nitrogens with two attached hydrogens (primary N) is 1. The number of imidazole rings is 1. The standard InChI is InChI=1S/C20H27N7O/c21-11-4-12-28-16-9-7-15(8-10-16)25-20-26-18-17(22-13-23-18)19(27-20)24-14-5-2-1-3-6-14/h7-10,13-14H,1-6,11-12,21H2,(H3,22,23,24,25,26,27). The van der Waals surface area contributed by atoms with Gasteiger partial charge in [-0.3, -0.25) is 0 Å². The van der Waals surface area contributed by atoms with Crippen LogP contribution in [0, 0.1) is 0 Å². The van der Waals surface area contributed by atoms with Crippen molar-refractivity contribution in [3.05, 3.63) is 30.6 Å². The van der Waals surface area contributed by atoms with Crippen LogP contribution in [-0.2, 0) is 0 Å².